The Morgan fingerprint density at radius 1 is 1.28 bits per heavy atom. The van der Waals surface area contributed by atoms with E-state index in [1.165, 1.54) is 0 Å². The second kappa shape index (κ2) is 7.17. The van der Waals surface area contributed by atoms with Gasteiger partial charge in [0.15, 0.2) is 11.9 Å². The van der Waals surface area contributed by atoms with Gasteiger partial charge in [-0.2, -0.15) is 0 Å². The van der Waals surface area contributed by atoms with Gasteiger partial charge in [0.05, 0.1) is 12.2 Å². The zero-order chi connectivity index (χ0) is 17.8. The number of ketones is 1. The molecule has 0 aliphatic carbocycles. The number of allylic oxidation sites excluding steroid dienone is 1. The number of pyridine rings is 1. The van der Waals surface area contributed by atoms with Crippen molar-refractivity contribution in [3.8, 4) is 11.5 Å². The summed E-state index contributed by atoms with van der Waals surface area (Å²) in [5, 5.41) is 0. The van der Waals surface area contributed by atoms with Crippen molar-refractivity contribution in [1.82, 2.24) is 4.98 Å². The topological polar surface area (TPSA) is 74.7 Å². The lowest BCUT2D eigenvalue weighted by Gasteiger charge is -2.13. The second-order valence-corrected chi connectivity index (χ2v) is 5.39. The Bertz CT molecular complexity index is 829. The normalized spacial score (nSPS) is 15.4. The summed E-state index contributed by atoms with van der Waals surface area (Å²) < 4.78 is 16.1. The summed E-state index contributed by atoms with van der Waals surface area (Å²) in [4.78, 5) is 28.0. The predicted molar refractivity (Wildman–Crippen MR) is 90.3 cm³/mol. The highest BCUT2D eigenvalue weighted by atomic mass is 16.6. The van der Waals surface area contributed by atoms with E-state index in [-0.39, 0.29) is 18.1 Å². The smallest absolute Gasteiger partial charge is 0.347 e. The third kappa shape index (κ3) is 3.68. The zero-order valence-corrected chi connectivity index (χ0v) is 13.9. The molecule has 2 aromatic rings. The van der Waals surface area contributed by atoms with Crippen LogP contribution < -0.4 is 9.47 Å². The van der Waals surface area contributed by atoms with Crippen molar-refractivity contribution < 1.29 is 23.8 Å². The largest absolute Gasteiger partial charge is 0.479 e. The number of benzene rings is 1. The van der Waals surface area contributed by atoms with Crippen molar-refractivity contribution in [1.29, 1.82) is 0 Å². The molecule has 3 rings (SSSR count). The molecule has 0 amide bonds. The maximum Gasteiger partial charge on any atom is 0.347 e. The molecule has 1 aliphatic rings. The summed E-state index contributed by atoms with van der Waals surface area (Å²) >= 11 is 0. The van der Waals surface area contributed by atoms with Crippen LogP contribution in [0, 0.1) is 0 Å². The fraction of sp³-hybridized carbons (Fsp3) is 0.211. The first kappa shape index (κ1) is 16.7. The molecule has 2 heterocycles. The highest BCUT2D eigenvalue weighted by molar-refractivity contribution is 6.14. The maximum atomic E-state index is 12.4. The van der Waals surface area contributed by atoms with Crippen molar-refractivity contribution in [3.63, 3.8) is 0 Å². The molecular weight excluding hydrogens is 322 g/mol. The van der Waals surface area contributed by atoms with Crippen LogP contribution >= 0.6 is 0 Å². The van der Waals surface area contributed by atoms with Crippen LogP contribution in [0.5, 0.6) is 11.5 Å². The molecule has 1 aromatic carbocycles. The number of fused-ring (bicyclic) bond motifs is 1. The number of nitrogens with zero attached hydrogens (tertiary/aromatic N) is 1. The van der Waals surface area contributed by atoms with Gasteiger partial charge in [0.25, 0.3) is 0 Å². The number of carbonyl (C=O) groups excluding carboxylic acids is 2. The Hall–Kier alpha value is -3.15. The van der Waals surface area contributed by atoms with Gasteiger partial charge in [-0.05, 0) is 49.8 Å². The van der Waals surface area contributed by atoms with Crippen molar-refractivity contribution >= 4 is 17.8 Å². The van der Waals surface area contributed by atoms with Gasteiger partial charge in [0.1, 0.15) is 11.5 Å². The van der Waals surface area contributed by atoms with Crippen LogP contribution in [0.25, 0.3) is 6.08 Å². The molecule has 25 heavy (non-hydrogen) atoms. The second-order valence-electron chi connectivity index (χ2n) is 5.39. The van der Waals surface area contributed by atoms with Crippen molar-refractivity contribution in [2.45, 2.75) is 20.0 Å². The molecule has 128 valence electrons. The lowest BCUT2D eigenvalue weighted by Crippen LogP contribution is -2.26. The molecule has 1 aliphatic heterocycles. The number of Topliss-reactive ketones (excluding diaryl/α,β-unsaturated/α-hetero) is 1. The quantitative estimate of drug-likeness (QED) is 0.616. The molecule has 0 spiro atoms. The van der Waals surface area contributed by atoms with E-state index in [1.54, 1.807) is 62.6 Å². The van der Waals surface area contributed by atoms with Gasteiger partial charge >= 0.3 is 5.97 Å². The number of carbonyl (C=O) groups is 2. The molecule has 1 unspecified atom stereocenters. The zero-order valence-electron chi connectivity index (χ0n) is 13.9. The molecule has 0 N–H and O–H groups in total. The molecular formula is C19H17NO5. The fourth-order valence-corrected chi connectivity index (χ4v) is 2.36. The van der Waals surface area contributed by atoms with E-state index in [9.17, 15) is 9.59 Å². The van der Waals surface area contributed by atoms with E-state index in [0.29, 0.717) is 17.1 Å². The standard InChI is InChI=1S/C19H17NO5/c1-3-23-19(22)12(2)24-14-4-5-15-16(11-14)25-17(18(15)21)10-13-6-8-20-9-7-13/h4-12H,3H2,1-2H3/b17-10-. The van der Waals surface area contributed by atoms with Gasteiger partial charge in [0, 0.05) is 18.5 Å². The summed E-state index contributed by atoms with van der Waals surface area (Å²) in [6.45, 7) is 3.62. The van der Waals surface area contributed by atoms with Gasteiger partial charge in [-0.25, -0.2) is 4.79 Å². The van der Waals surface area contributed by atoms with E-state index >= 15 is 0 Å². The van der Waals surface area contributed by atoms with Crippen molar-refractivity contribution in [2.75, 3.05) is 6.61 Å². The Kier molecular flexibility index (Phi) is 4.79. The minimum atomic E-state index is -0.748. The van der Waals surface area contributed by atoms with Crippen LogP contribution in [0.4, 0.5) is 0 Å². The summed E-state index contributed by atoms with van der Waals surface area (Å²) in [7, 11) is 0. The third-order valence-electron chi connectivity index (χ3n) is 3.58. The molecule has 0 saturated heterocycles. The minimum absolute atomic E-state index is 0.197. The number of esters is 1. The van der Waals surface area contributed by atoms with E-state index < -0.39 is 12.1 Å². The number of hydrogen-bond donors (Lipinski definition) is 0. The Morgan fingerprint density at radius 3 is 2.76 bits per heavy atom. The predicted octanol–water partition coefficient (Wildman–Crippen LogP) is 3.03. The first-order valence-electron chi connectivity index (χ1n) is 7.90. The molecule has 0 fully saturated rings. The average Bonchev–Trinajstić information content (AvgIpc) is 2.91. The van der Waals surface area contributed by atoms with Gasteiger partial charge in [-0.15, -0.1) is 0 Å². The molecule has 6 heteroatoms. The highest BCUT2D eigenvalue weighted by Crippen LogP contribution is 2.35. The first-order valence-corrected chi connectivity index (χ1v) is 7.90. The molecule has 6 nitrogen and oxygen atoms in total. The van der Waals surface area contributed by atoms with Crippen LogP contribution in [0.3, 0.4) is 0 Å². The molecule has 0 bridgehead atoms. The Labute approximate surface area is 145 Å². The average molecular weight is 339 g/mol. The number of hydrogen-bond acceptors (Lipinski definition) is 6. The first-order chi connectivity index (χ1) is 12.1. The third-order valence-corrected chi connectivity index (χ3v) is 3.58. The number of rotatable bonds is 5. The van der Waals surface area contributed by atoms with E-state index in [0.717, 1.165) is 5.56 Å². The van der Waals surface area contributed by atoms with Crippen LogP contribution in [0.2, 0.25) is 0 Å². The van der Waals surface area contributed by atoms with Gasteiger partial charge in [0.2, 0.25) is 5.78 Å². The SMILES string of the molecule is CCOC(=O)C(C)Oc1ccc2c(c1)O/C(=C\c1ccncc1)C2=O. The summed E-state index contributed by atoms with van der Waals surface area (Å²) in [6, 6.07) is 8.41. The van der Waals surface area contributed by atoms with E-state index in [4.69, 9.17) is 14.2 Å². The van der Waals surface area contributed by atoms with Crippen LogP contribution in [0.1, 0.15) is 29.8 Å². The summed E-state index contributed by atoms with van der Waals surface area (Å²) in [5.74, 6) is 0.419. The van der Waals surface area contributed by atoms with Crippen LogP contribution in [-0.4, -0.2) is 29.4 Å². The van der Waals surface area contributed by atoms with Crippen LogP contribution in [-0.2, 0) is 9.53 Å². The van der Waals surface area contributed by atoms with E-state index in [1.807, 2.05) is 0 Å². The lowest BCUT2D eigenvalue weighted by molar-refractivity contribution is -0.150. The lowest BCUT2D eigenvalue weighted by atomic mass is 10.1. The Balaban J connectivity index is 1.78. The Morgan fingerprint density at radius 2 is 2.04 bits per heavy atom. The van der Waals surface area contributed by atoms with Crippen molar-refractivity contribution in [3.05, 3.63) is 59.6 Å². The van der Waals surface area contributed by atoms with Crippen molar-refractivity contribution in [2.24, 2.45) is 0 Å². The monoisotopic (exact) mass is 339 g/mol. The van der Waals surface area contributed by atoms with Gasteiger partial charge < -0.3 is 14.2 Å². The number of ether oxygens (including phenoxy) is 3. The minimum Gasteiger partial charge on any atom is -0.479 e. The molecule has 0 saturated carbocycles. The highest BCUT2D eigenvalue weighted by Gasteiger charge is 2.28. The fourth-order valence-electron chi connectivity index (χ4n) is 2.36. The van der Waals surface area contributed by atoms with Gasteiger partial charge in [-0.3, -0.25) is 9.78 Å². The maximum absolute atomic E-state index is 12.4. The van der Waals surface area contributed by atoms with Crippen LogP contribution in [0.15, 0.2) is 48.5 Å². The number of aromatic nitrogens is 1. The van der Waals surface area contributed by atoms with E-state index in [2.05, 4.69) is 4.98 Å². The summed E-state index contributed by atoms with van der Waals surface area (Å²) in [5.41, 5.74) is 1.27. The summed E-state index contributed by atoms with van der Waals surface area (Å²) in [6.07, 6.45) is 4.19. The molecule has 1 aromatic heterocycles. The molecule has 0 radical (unpaired) electrons. The van der Waals surface area contributed by atoms with Gasteiger partial charge in [-0.1, -0.05) is 0 Å². The molecule has 1 atom stereocenters.